The number of nitrogens with zero attached hydrogens (tertiary/aromatic N) is 2. The van der Waals surface area contributed by atoms with Crippen LogP contribution in [0.4, 0.5) is 5.69 Å². The van der Waals surface area contributed by atoms with E-state index in [4.69, 9.17) is 23.2 Å². The topological polar surface area (TPSA) is 76.0 Å². The molecule has 1 heterocycles. The number of halogens is 2. The molecule has 122 valence electrons. The molecule has 0 spiro atoms. The highest BCUT2D eigenvalue weighted by Gasteiger charge is 2.11. The average Bonchev–Trinajstić information content (AvgIpc) is 2.55. The van der Waals surface area contributed by atoms with Gasteiger partial charge in [0.2, 0.25) is 5.91 Å². The standard InChI is InChI=1S/C15H16Cl2N4O2/c1-2-7-18-13(22)9-19-12-8-20-21(15(23)14(12)17)11-5-3-10(16)4-6-11/h3-6,8,19H,2,7,9H2,1H3,(H,18,22). The van der Waals surface area contributed by atoms with Crippen molar-refractivity contribution >= 4 is 34.8 Å². The van der Waals surface area contributed by atoms with Crippen LogP contribution >= 0.6 is 23.2 Å². The van der Waals surface area contributed by atoms with Crippen molar-refractivity contribution in [2.75, 3.05) is 18.4 Å². The van der Waals surface area contributed by atoms with E-state index in [1.807, 2.05) is 6.92 Å². The smallest absolute Gasteiger partial charge is 0.292 e. The number of rotatable bonds is 6. The summed E-state index contributed by atoms with van der Waals surface area (Å²) in [6.07, 6.45) is 2.26. The number of hydrogen-bond donors (Lipinski definition) is 2. The van der Waals surface area contributed by atoms with Crippen LogP contribution in [-0.4, -0.2) is 28.8 Å². The van der Waals surface area contributed by atoms with E-state index in [9.17, 15) is 9.59 Å². The van der Waals surface area contributed by atoms with Gasteiger partial charge in [-0.05, 0) is 30.7 Å². The van der Waals surface area contributed by atoms with Crippen molar-refractivity contribution in [2.45, 2.75) is 13.3 Å². The van der Waals surface area contributed by atoms with Crippen LogP contribution in [0.1, 0.15) is 13.3 Å². The van der Waals surface area contributed by atoms with Crippen LogP contribution in [0, 0.1) is 0 Å². The quantitative estimate of drug-likeness (QED) is 0.835. The fourth-order valence-electron chi connectivity index (χ4n) is 1.82. The van der Waals surface area contributed by atoms with Gasteiger partial charge in [-0.3, -0.25) is 9.59 Å². The minimum atomic E-state index is -0.479. The van der Waals surface area contributed by atoms with Crippen molar-refractivity contribution in [1.29, 1.82) is 0 Å². The third-order valence-corrected chi connectivity index (χ3v) is 3.62. The first-order chi connectivity index (χ1) is 11.0. The number of amides is 1. The Kier molecular flexibility index (Phi) is 6.01. The molecule has 0 aliphatic rings. The van der Waals surface area contributed by atoms with Gasteiger partial charge in [-0.25, -0.2) is 0 Å². The highest BCUT2D eigenvalue weighted by Crippen LogP contribution is 2.17. The number of carbonyl (C=O) groups excluding carboxylic acids is 1. The van der Waals surface area contributed by atoms with Gasteiger partial charge in [-0.1, -0.05) is 30.1 Å². The van der Waals surface area contributed by atoms with Gasteiger partial charge in [0.05, 0.1) is 24.1 Å². The fourth-order valence-corrected chi connectivity index (χ4v) is 2.15. The summed E-state index contributed by atoms with van der Waals surface area (Å²) >= 11 is 11.9. The third kappa shape index (κ3) is 4.46. The van der Waals surface area contributed by atoms with Crippen LogP contribution in [0.2, 0.25) is 10.0 Å². The second-order valence-corrected chi connectivity index (χ2v) is 5.58. The molecule has 0 bridgehead atoms. The van der Waals surface area contributed by atoms with Crippen molar-refractivity contribution in [3.63, 3.8) is 0 Å². The van der Waals surface area contributed by atoms with E-state index in [0.29, 0.717) is 22.9 Å². The van der Waals surface area contributed by atoms with Gasteiger partial charge < -0.3 is 10.6 Å². The lowest BCUT2D eigenvalue weighted by molar-refractivity contribution is -0.119. The lowest BCUT2D eigenvalue weighted by atomic mass is 10.3. The molecule has 1 aromatic carbocycles. The Labute approximate surface area is 143 Å². The van der Waals surface area contributed by atoms with Crippen LogP contribution in [0.5, 0.6) is 0 Å². The van der Waals surface area contributed by atoms with E-state index in [0.717, 1.165) is 6.42 Å². The van der Waals surface area contributed by atoms with Crippen molar-refractivity contribution in [3.8, 4) is 5.69 Å². The lowest BCUT2D eigenvalue weighted by Crippen LogP contribution is -2.31. The van der Waals surface area contributed by atoms with Gasteiger partial charge >= 0.3 is 0 Å². The van der Waals surface area contributed by atoms with Crippen LogP contribution in [0.15, 0.2) is 35.3 Å². The third-order valence-electron chi connectivity index (χ3n) is 3.00. The number of carbonyl (C=O) groups is 1. The molecule has 0 aliphatic carbocycles. The number of nitrogens with one attached hydrogen (secondary N) is 2. The second kappa shape index (κ2) is 7.99. The molecule has 2 N–H and O–H groups in total. The molecule has 23 heavy (non-hydrogen) atoms. The minimum absolute atomic E-state index is 0.0196. The van der Waals surface area contributed by atoms with E-state index in [1.54, 1.807) is 24.3 Å². The first kappa shape index (κ1) is 17.3. The zero-order chi connectivity index (χ0) is 16.8. The number of anilines is 1. The maximum Gasteiger partial charge on any atom is 0.292 e. The van der Waals surface area contributed by atoms with Crippen LogP contribution in [0.3, 0.4) is 0 Å². The van der Waals surface area contributed by atoms with E-state index in [-0.39, 0.29) is 17.5 Å². The average molecular weight is 355 g/mol. The highest BCUT2D eigenvalue weighted by molar-refractivity contribution is 6.33. The summed E-state index contributed by atoms with van der Waals surface area (Å²) in [5, 5.41) is 10.1. The van der Waals surface area contributed by atoms with Gasteiger partial charge in [0.1, 0.15) is 5.02 Å². The maximum atomic E-state index is 12.3. The predicted octanol–water partition coefficient (Wildman–Crippen LogP) is 2.48. The van der Waals surface area contributed by atoms with Gasteiger partial charge in [-0.15, -0.1) is 0 Å². The SMILES string of the molecule is CCCNC(=O)CNc1cnn(-c2ccc(Cl)cc2)c(=O)c1Cl. The lowest BCUT2D eigenvalue weighted by Gasteiger charge is -2.10. The van der Waals surface area contributed by atoms with E-state index >= 15 is 0 Å². The zero-order valence-corrected chi connectivity index (χ0v) is 14.0. The summed E-state index contributed by atoms with van der Waals surface area (Å²) in [6, 6.07) is 6.64. The molecule has 0 fully saturated rings. The van der Waals surface area contributed by atoms with Gasteiger partial charge in [0, 0.05) is 11.6 Å². The Bertz CT molecular complexity index is 744. The van der Waals surface area contributed by atoms with Crippen molar-refractivity contribution in [1.82, 2.24) is 15.1 Å². The van der Waals surface area contributed by atoms with E-state index in [1.165, 1.54) is 10.9 Å². The van der Waals surface area contributed by atoms with Gasteiger partial charge in [0.25, 0.3) is 5.56 Å². The molecule has 1 amide bonds. The molecule has 0 aliphatic heterocycles. The number of hydrogen-bond acceptors (Lipinski definition) is 4. The first-order valence-electron chi connectivity index (χ1n) is 7.07. The van der Waals surface area contributed by atoms with Crippen molar-refractivity contribution < 1.29 is 4.79 Å². The summed E-state index contributed by atoms with van der Waals surface area (Å²) in [4.78, 5) is 23.8. The zero-order valence-electron chi connectivity index (χ0n) is 12.5. The van der Waals surface area contributed by atoms with Crippen LogP contribution < -0.4 is 16.2 Å². The molecule has 2 aromatic rings. The molecule has 0 saturated heterocycles. The van der Waals surface area contributed by atoms with E-state index in [2.05, 4.69) is 15.7 Å². The number of aromatic nitrogens is 2. The maximum absolute atomic E-state index is 12.3. The van der Waals surface area contributed by atoms with Crippen molar-refractivity contribution in [2.24, 2.45) is 0 Å². The first-order valence-corrected chi connectivity index (χ1v) is 7.83. The fraction of sp³-hybridized carbons (Fsp3) is 0.267. The molecule has 1 aromatic heterocycles. The summed E-state index contributed by atoms with van der Waals surface area (Å²) in [5.41, 5.74) is 0.384. The molecular formula is C15H16Cl2N4O2. The second-order valence-electron chi connectivity index (χ2n) is 4.77. The Hall–Kier alpha value is -2.05. The molecule has 0 unspecified atom stereocenters. The van der Waals surface area contributed by atoms with Crippen LogP contribution in [-0.2, 0) is 4.79 Å². The molecule has 0 radical (unpaired) electrons. The van der Waals surface area contributed by atoms with Gasteiger partial charge in [-0.2, -0.15) is 9.78 Å². The minimum Gasteiger partial charge on any atom is -0.373 e. The Balaban J connectivity index is 2.16. The van der Waals surface area contributed by atoms with Crippen molar-refractivity contribution in [3.05, 3.63) is 50.9 Å². The summed E-state index contributed by atoms with van der Waals surface area (Å²) < 4.78 is 1.17. The summed E-state index contributed by atoms with van der Waals surface area (Å²) in [7, 11) is 0. The largest absolute Gasteiger partial charge is 0.373 e. The summed E-state index contributed by atoms with van der Waals surface area (Å²) in [6.45, 7) is 2.58. The normalized spacial score (nSPS) is 10.4. The molecule has 8 heteroatoms. The molecular weight excluding hydrogens is 339 g/mol. The Morgan fingerprint density at radius 1 is 1.26 bits per heavy atom. The highest BCUT2D eigenvalue weighted by atomic mass is 35.5. The van der Waals surface area contributed by atoms with Crippen LogP contribution in [0.25, 0.3) is 5.69 Å². The molecule has 2 rings (SSSR count). The molecule has 6 nitrogen and oxygen atoms in total. The summed E-state index contributed by atoms with van der Waals surface area (Å²) in [5.74, 6) is -0.176. The van der Waals surface area contributed by atoms with Gasteiger partial charge in [0.15, 0.2) is 0 Å². The Morgan fingerprint density at radius 3 is 2.61 bits per heavy atom. The number of benzene rings is 1. The molecule has 0 saturated carbocycles. The molecule has 0 atom stereocenters. The Morgan fingerprint density at radius 2 is 1.96 bits per heavy atom. The van der Waals surface area contributed by atoms with E-state index < -0.39 is 5.56 Å². The monoisotopic (exact) mass is 354 g/mol. The predicted molar refractivity (Wildman–Crippen MR) is 91.6 cm³/mol.